The number of nitrogens with two attached hydrogens (primary N) is 1. The van der Waals surface area contributed by atoms with E-state index in [0.29, 0.717) is 55.1 Å². The monoisotopic (exact) mass is 640 g/mol. The molecule has 2 aliphatic rings. The molecule has 0 bridgehead atoms. The van der Waals surface area contributed by atoms with E-state index in [1.54, 1.807) is 30.2 Å². The number of ketones is 1. The van der Waals surface area contributed by atoms with Gasteiger partial charge in [0.1, 0.15) is 11.6 Å². The first-order chi connectivity index (χ1) is 20.0. The first kappa shape index (κ1) is 29.9. The van der Waals surface area contributed by atoms with E-state index in [2.05, 4.69) is 21.6 Å². The molecule has 3 N–H and O–H groups in total. The Morgan fingerprint density at radius 2 is 1.95 bits per heavy atom. The molecule has 216 valence electrons. The summed E-state index contributed by atoms with van der Waals surface area (Å²) in [5.41, 5.74) is 8.91. The molecule has 13 heteroatoms. The lowest BCUT2D eigenvalue weighted by Crippen LogP contribution is -2.42. The van der Waals surface area contributed by atoms with Crippen molar-refractivity contribution in [3.63, 3.8) is 0 Å². The standard InChI is InChI=1S/C29H26Cl2N6O3S2/c1-29(2)11-20-24(21(38)12-29)23(15-6-4-7-16(10-15)40-3)17(13-32)26(33)37(20)27-35-36-28(42-27)41-14-22(39)34-25-18(30)8-5-9-19(25)31/h4-10,23H,11-12,14,33H2,1-3H3,(H,34,39). The lowest BCUT2D eigenvalue weighted by molar-refractivity contribution is -0.118. The average molecular weight is 642 g/mol. The number of anilines is 2. The van der Waals surface area contributed by atoms with Gasteiger partial charge >= 0.3 is 0 Å². The lowest BCUT2D eigenvalue weighted by atomic mass is 9.68. The molecule has 5 rings (SSSR count). The van der Waals surface area contributed by atoms with Gasteiger partial charge in [0.15, 0.2) is 10.1 Å². The van der Waals surface area contributed by atoms with Gasteiger partial charge in [-0.05, 0) is 41.7 Å². The molecule has 9 nitrogen and oxygen atoms in total. The Bertz CT molecular complexity index is 1670. The van der Waals surface area contributed by atoms with Crippen molar-refractivity contribution in [1.29, 1.82) is 5.26 Å². The second kappa shape index (κ2) is 12.0. The number of carbonyl (C=O) groups is 2. The number of benzene rings is 2. The number of ether oxygens (including phenoxy) is 1. The quantitative estimate of drug-likeness (QED) is 0.276. The number of thioether (sulfide) groups is 1. The zero-order valence-corrected chi connectivity index (χ0v) is 26.0. The van der Waals surface area contributed by atoms with Crippen LogP contribution in [0.1, 0.15) is 38.2 Å². The van der Waals surface area contributed by atoms with Gasteiger partial charge in [0.25, 0.3) is 0 Å². The summed E-state index contributed by atoms with van der Waals surface area (Å²) in [7, 11) is 1.57. The minimum Gasteiger partial charge on any atom is -0.497 e. The maximum atomic E-state index is 13.7. The molecule has 2 heterocycles. The van der Waals surface area contributed by atoms with Crippen LogP contribution in [0.3, 0.4) is 0 Å². The SMILES string of the molecule is COc1cccc(C2C(C#N)=C(N)N(c3nnc(SCC(=O)Nc4c(Cl)cccc4Cl)s3)C3=C2C(=O)CC(C)(C)C3)c1. The number of nitrogens with zero attached hydrogens (tertiary/aromatic N) is 4. The van der Waals surface area contributed by atoms with Crippen LogP contribution in [0, 0.1) is 16.7 Å². The number of nitrogens with one attached hydrogen (secondary N) is 1. The van der Waals surface area contributed by atoms with E-state index >= 15 is 0 Å². The van der Waals surface area contributed by atoms with Gasteiger partial charge < -0.3 is 15.8 Å². The fraction of sp³-hybridized carbons (Fsp3) is 0.276. The Balaban J connectivity index is 1.47. The van der Waals surface area contributed by atoms with Crippen LogP contribution in [0.2, 0.25) is 10.0 Å². The molecule has 1 aliphatic carbocycles. The summed E-state index contributed by atoms with van der Waals surface area (Å²) in [5, 5.41) is 22.7. The maximum absolute atomic E-state index is 13.7. The van der Waals surface area contributed by atoms with Crippen LogP contribution in [-0.4, -0.2) is 34.8 Å². The van der Waals surface area contributed by atoms with Crippen LogP contribution >= 0.6 is 46.3 Å². The van der Waals surface area contributed by atoms with E-state index in [-0.39, 0.29) is 34.3 Å². The molecule has 1 aromatic heterocycles. The highest BCUT2D eigenvalue weighted by Crippen LogP contribution is 2.51. The number of nitriles is 1. The second-order valence-electron chi connectivity index (χ2n) is 10.5. The van der Waals surface area contributed by atoms with E-state index in [1.807, 2.05) is 38.1 Å². The number of para-hydroxylation sites is 1. The molecule has 42 heavy (non-hydrogen) atoms. The van der Waals surface area contributed by atoms with Crippen LogP contribution in [0.5, 0.6) is 5.75 Å². The van der Waals surface area contributed by atoms with Crippen molar-refractivity contribution < 1.29 is 14.3 Å². The van der Waals surface area contributed by atoms with Crippen LogP contribution < -0.4 is 20.7 Å². The van der Waals surface area contributed by atoms with E-state index in [0.717, 1.165) is 5.56 Å². The molecular formula is C29H26Cl2N6O3S2. The third-order valence-electron chi connectivity index (χ3n) is 6.95. The highest BCUT2D eigenvalue weighted by atomic mass is 35.5. The van der Waals surface area contributed by atoms with E-state index in [4.69, 9.17) is 33.7 Å². The van der Waals surface area contributed by atoms with Gasteiger partial charge in [0, 0.05) is 17.7 Å². The molecule has 1 aliphatic heterocycles. The summed E-state index contributed by atoms with van der Waals surface area (Å²) in [6.45, 7) is 4.05. The zero-order chi connectivity index (χ0) is 30.2. The van der Waals surface area contributed by atoms with Gasteiger partial charge in [0.2, 0.25) is 11.0 Å². The van der Waals surface area contributed by atoms with Crippen molar-refractivity contribution in [2.75, 3.05) is 23.1 Å². The summed E-state index contributed by atoms with van der Waals surface area (Å²) < 4.78 is 5.92. The third kappa shape index (κ3) is 5.85. The number of hydrogen-bond acceptors (Lipinski definition) is 10. The van der Waals surface area contributed by atoms with Gasteiger partial charge in [-0.25, -0.2) is 0 Å². The van der Waals surface area contributed by atoms with Crippen LogP contribution in [0.4, 0.5) is 10.8 Å². The summed E-state index contributed by atoms with van der Waals surface area (Å²) in [4.78, 5) is 28.0. The fourth-order valence-corrected chi connectivity index (χ4v) is 7.33. The van der Waals surface area contributed by atoms with E-state index in [9.17, 15) is 14.9 Å². The summed E-state index contributed by atoms with van der Waals surface area (Å²) in [5.74, 6) is -0.170. The first-order valence-corrected chi connectivity index (χ1v) is 15.4. The number of halogens is 2. The Kier molecular flexibility index (Phi) is 8.53. The van der Waals surface area contributed by atoms with Crippen LogP contribution in [0.25, 0.3) is 0 Å². The van der Waals surface area contributed by atoms with Crippen LogP contribution in [-0.2, 0) is 9.59 Å². The Morgan fingerprint density at radius 1 is 1.24 bits per heavy atom. The lowest BCUT2D eigenvalue weighted by Gasteiger charge is -2.42. The molecular weight excluding hydrogens is 615 g/mol. The highest BCUT2D eigenvalue weighted by molar-refractivity contribution is 8.01. The van der Waals surface area contributed by atoms with Gasteiger partial charge in [-0.1, -0.05) is 78.3 Å². The topological polar surface area (TPSA) is 134 Å². The highest BCUT2D eigenvalue weighted by Gasteiger charge is 2.45. The molecule has 0 fully saturated rings. The van der Waals surface area contributed by atoms with E-state index in [1.165, 1.54) is 23.1 Å². The minimum atomic E-state index is -0.637. The zero-order valence-electron chi connectivity index (χ0n) is 22.9. The van der Waals surface area contributed by atoms with Gasteiger partial charge in [-0.2, -0.15) is 5.26 Å². The molecule has 0 saturated carbocycles. The predicted molar refractivity (Wildman–Crippen MR) is 166 cm³/mol. The van der Waals surface area contributed by atoms with Crippen molar-refractivity contribution in [2.45, 2.75) is 36.9 Å². The maximum Gasteiger partial charge on any atom is 0.234 e. The number of rotatable bonds is 7. The number of aromatic nitrogens is 2. The normalized spacial score (nSPS) is 18.0. The van der Waals surface area contributed by atoms with Crippen molar-refractivity contribution >= 4 is 68.8 Å². The van der Waals surface area contributed by atoms with Crippen molar-refractivity contribution in [3.05, 3.63) is 80.7 Å². The number of carbonyl (C=O) groups excluding carboxylic acids is 2. The summed E-state index contributed by atoms with van der Waals surface area (Å²) in [6, 6.07) is 14.5. The molecule has 1 amide bonds. The van der Waals surface area contributed by atoms with Crippen molar-refractivity contribution in [2.24, 2.45) is 11.1 Å². The number of methoxy groups -OCH3 is 1. The Morgan fingerprint density at radius 3 is 2.64 bits per heavy atom. The van der Waals surface area contributed by atoms with Gasteiger partial charge in [-0.15, -0.1) is 10.2 Å². The molecule has 0 spiro atoms. The fourth-order valence-electron chi connectivity index (χ4n) is 5.15. The average Bonchev–Trinajstić information content (AvgIpc) is 3.41. The predicted octanol–water partition coefficient (Wildman–Crippen LogP) is 6.53. The van der Waals surface area contributed by atoms with Gasteiger partial charge in [-0.3, -0.25) is 14.5 Å². The minimum absolute atomic E-state index is 0.0301. The summed E-state index contributed by atoms with van der Waals surface area (Å²) in [6.07, 6.45) is 0.873. The number of allylic oxidation sites excluding steroid dienone is 3. The number of amides is 1. The molecule has 0 radical (unpaired) electrons. The molecule has 3 aromatic rings. The molecule has 1 atom stereocenters. The number of hydrogen-bond donors (Lipinski definition) is 2. The van der Waals surface area contributed by atoms with Crippen molar-refractivity contribution in [3.8, 4) is 11.8 Å². The Labute approximate surface area is 261 Å². The largest absolute Gasteiger partial charge is 0.497 e. The third-order valence-corrected chi connectivity index (χ3v) is 9.62. The first-order valence-electron chi connectivity index (χ1n) is 12.8. The Hall–Kier alpha value is -3.56. The van der Waals surface area contributed by atoms with Crippen molar-refractivity contribution in [1.82, 2.24) is 10.2 Å². The molecule has 1 unspecified atom stereocenters. The number of Topliss-reactive ketones (excluding diaryl/α,β-unsaturated/α-hetero) is 1. The van der Waals surface area contributed by atoms with E-state index < -0.39 is 5.92 Å². The van der Waals surface area contributed by atoms with Gasteiger partial charge in [0.05, 0.1) is 46.2 Å². The molecule has 2 aromatic carbocycles. The smallest absolute Gasteiger partial charge is 0.234 e. The summed E-state index contributed by atoms with van der Waals surface area (Å²) >= 11 is 14.7. The molecule has 0 saturated heterocycles. The second-order valence-corrected chi connectivity index (χ2v) is 13.5. The van der Waals surface area contributed by atoms with Crippen LogP contribution in [0.15, 0.2) is 69.5 Å².